The van der Waals surface area contributed by atoms with Crippen molar-refractivity contribution < 1.29 is 67.2 Å². The van der Waals surface area contributed by atoms with Gasteiger partial charge in [-0.1, -0.05) is 27.7 Å². The van der Waals surface area contributed by atoms with Crippen LogP contribution in [0.15, 0.2) is 0 Å². The summed E-state index contributed by atoms with van der Waals surface area (Å²) in [5.41, 5.74) is -4.07. The van der Waals surface area contributed by atoms with Gasteiger partial charge in [-0.3, -0.25) is 14.4 Å². The number of rotatable bonds is 13. The number of carbonyl (C=O) groups excluding carboxylic acids is 3. The van der Waals surface area contributed by atoms with Gasteiger partial charge in [-0.2, -0.15) is 0 Å². The molecule has 0 aromatic carbocycles. The number of hydrogen-bond donors (Lipinski definition) is 2. The Hall–Kier alpha value is -1.83. The fraction of sp³-hybridized carbons (Fsp3) is 0.932. The standard InChI is InChI=1S/C44H78N2O14/c1-23-21-42(9,52-15)37(60-41-35(54-19-17-18-45(11)12)31(46(13)14)20-24(2)55-41)26(4)34(58-32-22-43(10,53-16)39(29(7)56-32)57-30(8)47)27(5)40(50)59-38-28(6)44(38,51)36(49)25(3)33(23)48/h23-29,31-32,34-39,41,49,51H,17-22H2,1-16H3/t23-,24-,25+,26+,27-,28?,29+,31+,32+,34+,35-,36-,37-,38-,39+,41+,42+,43-,44+/m1/s1. The zero-order valence-corrected chi connectivity index (χ0v) is 39.2. The molecule has 60 heavy (non-hydrogen) atoms. The summed E-state index contributed by atoms with van der Waals surface area (Å²) in [4.78, 5) is 44.9. The number of likely N-dealkylation sites (N-methyl/N-ethyl adjacent to an activating group) is 1. The van der Waals surface area contributed by atoms with E-state index in [0.29, 0.717) is 13.0 Å². The van der Waals surface area contributed by atoms with Gasteiger partial charge in [0.15, 0.2) is 18.7 Å². The summed E-state index contributed by atoms with van der Waals surface area (Å²) in [6.45, 7) is 18.7. The van der Waals surface area contributed by atoms with Gasteiger partial charge >= 0.3 is 11.9 Å². The molecular formula is C44H78N2O14. The molecule has 348 valence electrons. The molecule has 0 aromatic heterocycles. The SMILES string of the molecule is CO[C@]1(C)C[C@H](O[C@H]2[C@H](C)[C@@H](O[C@@H]3O[C@H](C)C[C@H](N(C)C)[C@H]3OCCCN(C)C)[C@@](C)(OC)C[C@@H](C)C(=O)[C@H](C)[C@@H](O)[C@@]3(O)C(C)[C@H]3OC(=O)[C@@H]2C)O[C@@H](C)[C@@H]1OC(C)=O. The second-order valence-electron chi connectivity index (χ2n) is 19.2. The number of hydrogen-bond acceptors (Lipinski definition) is 16. The normalized spacial score (nSPS) is 45.8. The highest BCUT2D eigenvalue weighted by molar-refractivity contribution is 5.84. The van der Waals surface area contributed by atoms with E-state index in [1.165, 1.54) is 14.0 Å². The summed E-state index contributed by atoms with van der Waals surface area (Å²) >= 11 is 0. The number of aliphatic hydroxyl groups excluding tert-OH is 1. The van der Waals surface area contributed by atoms with Crippen LogP contribution in [0.25, 0.3) is 0 Å². The van der Waals surface area contributed by atoms with Gasteiger partial charge in [-0.25, -0.2) is 0 Å². The van der Waals surface area contributed by atoms with E-state index in [2.05, 4.69) is 9.80 Å². The Bertz CT molecular complexity index is 1450. The van der Waals surface area contributed by atoms with E-state index in [-0.39, 0.29) is 30.8 Å². The van der Waals surface area contributed by atoms with Crippen LogP contribution in [0.2, 0.25) is 0 Å². The van der Waals surface area contributed by atoms with Crippen LogP contribution in [0.5, 0.6) is 0 Å². The molecule has 0 aromatic rings. The van der Waals surface area contributed by atoms with Crippen molar-refractivity contribution in [2.75, 3.05) is 55.6 Å². The minimum atomic E-state index is -1.82. The molecule has 4 aliphatic rings. The van der Waals surface area contributed by atoms with Crippen molar-refractivity contribution in [3.63, 3.8) is 0 Å². The van der Waals surface area contributed by atoms with Crippen LogP contribution in [-0.4, -0.2) is 178 Å². The van der Waals surface area contributed by atoms with E-state index in [1.54, 1.807) is 41.7 Å². The smallest absolute Gasteiger partial charge is 0.311 e. The second-order valence-corrected chi connectivity index (χ2v) is 19.2. The lowest BCUT2D eigenvalue weighted by atomic mass is 9.75. The number of ketones is 1. The predicted molar refractivity (Wildman–Crippen MR) is 221 cm³/mol. The second kappa shape index (κ2) is 20.3. The summed E-state index contributed by atoms with van der Waals surface area (Å²) in [5, 5.41) is 23.2. The maximum absolute atomic E-state index is 14.4. The number of aliphatic hydroxyl groups is 2. The van der Waals surface area contributed by atoms with Crippen molar-refractivity contribution >= 4 is 17.7 Å². The first-order valence-electron chi connectivity index (χ1n) is 21.8. The first kappa shape index (κ1) is 50.8. The van der Waals surface area contributed by atoms with Crippen molar-refractivity contribution in [1.29, 1.82) is 0 Å². The van der Waals surface area contributed by atoms with Crippen LogP contribution in [0.3, 0.4) is 0 Å². The average Bonchev–Trinajstić information content (AvgIpc) is 3.71. The Morgan fingerprint density at radius 2 is 1.48 bits per heavy atom. The molecule has 1 saturated carbocycles. The van der Waals surface area contributed by atoms with Crippen molar-refractivity contribution in [1.82, 2.24) is 9.80 Å². The number of nitrogens with zero attached hydrogens (tertiary/aromatic N) is 2. The molecule has 2 N–H and O–H groups in total. The molecule has 3 aliphatic heterocycles. The molecule has 1 aliphatic carbocycles. The van der Waals surface area contributed by atoms with Gasteiger partial charge in [-0.15, -0.1) is 0 Å². The van der Waals surface area contributed by atoms with Crippen LogP contribution in [0.4, 0.5) is 0 Å². The Labute approximate surface area is 358 Å². The summed E-state index contributed by atoms with van der Waals surface area (Å²) in [6.07, 6.45) is -6.67. The average molecular weight is 859 g/mol. The highest BCUT2D eigenvalue weighted by Gasteiger charge is 2.70. The molecule has 0 spiro atoms. The van der Waals surface area contributed by atoms with Crippen molar-refractivity contribution in [2.24, 2.45) is 29.6 Å². The number of fused-ring (bicyclic) bond motifs is 1. The first-order valence-corrected chi connectivity index (χ1v) is 21.8. The first-order chi connectivity index (χ1) is 27.9. The summed E-state index contributed by atoms with van der Waals surface area (Å²) < 4.78 is 57.9. The van der Waals surface area contributed by atoms with Crippen LogP contribution in [0, 0.1) is 29.6 Å². The van der Waals surface area contributed by atoms with Gasteiger partial charge in [-0.05, 0) is 88.6 Å². The zero-order valence-electron chi connectivity index (χ0n) is 39.2. The maximum atomic E-state index is 14.4. The van der Waals surface area contributed by atoms with Crippen LogP contribution in [-0.2, 0) is 57.0 Å². The molecule has 1 unspecified atom stereocenters. The van der Waals surface area contributed by atoms with Crippen molar-refractivity contribution in [2.45, 2.75) is 179 Å². The third kappa shape index (κ3) is 10.9. The van der Waals surface area contributed by atoms with Gasteiger partial charge in [0.05, 0.1) is 42.0 Å². The Morgan fingerprint density at radius 3 is 2.05 bits per heavy atom. The quantitative estimate of drug-likeness (QED) is 0.203. The van der Waals surface area contributed by atoms with Crippen molar-refractivity contribution in [3.8, 4) is 0 Å². The number of ether oxygens (including phenoxy) is 9. The molecule has 0 amide bonds. The summed E-state index contributed by atoms with van der Waals surface area (Å²) in [6, 6.07) is -0.0715. The van der Waals surface area contributed by atoms with Crippen LogP contribution < -0.4 is 0 Å². The third-order valence-corrected chi connectivity index (χ3v) is 13.9. The lowest BCUT2D eigenvalue weighted by Crippen LogP contribution is -2.61. The Morgan fingerprint density at radius 1 is 0.867 bits per heavy atom. The van der Waals surface area contributed by atoms with Gasteiger partial charge in [0.1, 0.15) is 29.2 Å². The van der Waals surface area contributed by atoms with Gasteiger partial charge in [0.2, 0.25) is 0 Å². The van der Waals surface area contributed by atoms with E-state index in [0.717, 1.165) is 13.0 Å². The Kier molecular flexibility index (Phi) is 17.2. The largest absolute Gasteiger partial charge is 0.458 e. The number of esters is 2. The highest BCUT2D eigenvalue weighted by atomic mass is 16.7. The lowest BCUT2D eigenvalue weighted by Gasteiger charge is -2.50. The van der Waals surface area contributed by atoms with Gasteiger partial charge in [0.25, 0.3) is 0 Å². The fourth-order valence-corrected chi connectivity index (χ4v) is 9.98. The predicted octanol–water partition coefficient (Wildman–Crippen LogP) is 3.21. The third-order valence-electron chi connectivity index (χ3n) is 13.9. The van der Waals surface area contributed by atoms with E-state index in [9.17, 15) is 24.6 Å². The maximum Gasteiger partial charge on any atom is 0.311 e. The van der Waals surface area contributed by atoms with Crippen LogP contribution in [0.1, 0.15) is 94.9 Å². The fourth-order valence-electron chi connectivity index (χ4n) is 9.98. The minimum Gasteiger partial charge on any atom is -0.458 e. The number of methoxy groups -OCH3 is 2. The Balaban J connectivity index is 1.85. The van der Waals surface area contributed by atoms with Gasteiger partial charge < -0.3 is 62.6 Å². The van der Waals surface area contributed by atoms with Crippen LogP contribution >= 0.6 is 0 Å². The molecule has 16 nitrogen and oxygen atoms in total. The number of carbonyl (C=O) groups is 3. The molecule has 3 heterocycles. The highest BCUT2D eigenvalue weighted by Crippen LogP contribution is 2.52. The molecule has 4 fully saturated rings. The molecule has 0 bridgehead atoms. The summed E-state index contributed by atoms with van der Waals surface area (Å²) in [5.74, 6) is -5.40. The molecule has 0 radical (unpaired) electrons. The minimum absolute atomic E-state index is 0.0715. The van der Waals surface area contributed by atoms with E-state index in [1.807, 2.05) is 55.9 Å². The number of Topliss-reactive ketones (excluding diaryl/α,β-unsaturated/α-hetero) is 1. The monoisotopic (exact) mass is 859 g/mol. The molecule has 3 saturated heterocycles. The van der Waals surface area contributed by atoms with Crippen molar-refractivity contribution in [3.05, 3.63) is 0 Å². The molecule has 4 rings (SSSR count). The lowest BCUT2D eigenvalue weighted by molar-refractivity contribution is -0.323. The zero-order chi connectivity index (χ0) is 45.2. The van der Waals surface area contributed by atoms with E-state index < -0.39 is 114 Å². The summed E-state index contributed by atoms with van der Waals surface area (Å²) in [7, 11) is 11.1. The van der Waals surface area contributed by atoms with E-state index in [4.69, 9.17) is 42.6 Å². The van der Waals surface area contributed by atoms with E-state index >= 15 is 0 Å². The molecule has 19 atom stereocenters. The topological polar surface area (TPSA) is 181 Å². The molecular weight excluding hydrogens is 780 g/mol. The molecule has 16 heteroatoms. The van der Waals surface area contributed by atoms with Gasteiger partial charge in [0, 0.05) is 63.9 Å².